The predicted octanol–water partition coefficient (Wildman–Crippen LogP) is 16.7. The molecule has 12 rings (SSSR count). The molecule has 0 atom stereocenters. The van der Waals surface area contributed by atoms with E-state index in [1.165, 1.54) is 114 Å². The highest BCUT2D eigenvalue weighted by molar-refractivity contribution is 7.37. The Morgan fingerprint density at radius 1 is 0.222 bits per heavy atom. The van der Waals surface area contributed by atoms with E-state index in [0.717, 1.165) is 0 Å². The fourth-order valence-corrected chi connectivity index (χ4v) is 13.5. The van der Waals surface area contributed by atoms with Crippen LogP contribution in [0.15, 0.2) is 170 Å². The molecule has 54 heavy (non-hydrogen) atoms. The number of rotatable bonds is 4. The van der Waals surface area contributed by atoms with E-state index in [4.69, 9.17) is 0 Å². The number of thiophene rings is 4. The van der Waals surface area contributed by atoms with Crippen molar-refractivity contribution < 1.29 is 0 Å². The van der Waals surface area contributed by atoms with Crippen molar-refractivity contribution in [1.29, 1.82) is 0 Å². The van der Waals surface area contributed by atoms with Gasteiger partial charge in [0, 0.05) is 40.3 Å². The monoisotopic (exact) mass is 756 g/mol. The molecule has 0 saturated heterocycles. The summed E-state index contributed by atoms with van der Waals surface area (Å²) in [6.45, 7) is 0. The lowest BCUT2D eigenvalue weighted by Crippen LogP contribution is -1.83. The van der Waals surface area contributed by atoms with Gasteiger partial charge in [-0.25, -0.2) is 0 Å². The fraction of sp³-hybridized carbons (Fsp3) is 0. The van der Waals surface area contributed by atoms with Gasteiger partial charge in [0.15, 0.2) is 0 Å². The molecule has 0 unspecified atom stereocenters. The maximum atomic E-state index is 2.37. The molecular formula is C50H28S4. The molecule has 12 aromatic rings. The van der Waals surface area contributed by atoms with Gasteiger partial charge < -0.3 is 0 Å². The van der Waals surface area contributed by atoms with Crippen LogP contribution in [0.3, 0.4) is 0 Å². The summed E-state index contributed by atoms with van der Waals surface area (Å²) in [6.07, 6.45) is 0. The summed E-state index contributed by atoms with van der Waals surface area (Å²) >= 11 is 7.66. The van der Waals surface area contributed by atoms with Crippen molar-refractivity contribution in [3.63, 3.8) is 0 Å². The smallest absolute Gasteiger partial charge is 0.0542 e. The zero-order valence-corrected chi connectivity index (χ0v) is 32.1. The summed E-state index contributed by atoms with van der Waals surface area (Å²) < 4.78 is 11.1. The van der Waals surface area contributed by atoms with Crippen LogP contribution in [0, 0.1) is 0 Å². The van der Waals surface area contributed by atoms with E-state index in [-0.39, 0.29) is 0 Å². The zero-order valence-electron chi connectivity index (χ0n) is 28.8. The van der Waals surface area contributed by atoms with Crippen LogP contribution in [0.2, 0.25) is 0 Å². The van der Waals surface area contributed by atoms with Crippen molar-refractivity contribution >= 4 is 115 Å². The SMILES string of the molecule is c1ccc2c(c1)sc1c3ccc(-c4ccc(-c5ccc6cc(-c7ccc(-c8ccc9c(c8)sc8c%10ccccc%10sc98)cc7)ccc6c5)cc4)cc3sc21. The highest BCUT2D eigenvalue weighted by atomic mass is 32.1. The van der Waals surface area contributed by atoms with Crippen LogP contribution in [0.5, 0.6) is 0 Å². The molecule has 4 aromatic heterocycles. The quantitative estimate of drug-likeness (QED) is 0.168. The largest absolute Gasteiger partial charge is 0.134 e. The topological polar surface area (TPSA) is 0 Å². The number of hydrogen-bond donors (Lipinski definition) is 0. The Balaban J connectivity index is 0.795. The van der Waals surface area contributed by atoms with Crippen molar-refractivity contribution in [3.05, 3.63) is 170 Å². The van der Waals surface area contributed by atoms with Crippen molar-refractivity contribution in [3.8, 4) is 44.5 Å². The fourth-order valence-electron chi connectivity index (χ4n) is 8.08. The van der Waals surface area contributed by atoms with Crippen molar-refractivity contribution in [2.24, 2.45) is 0 Å². The van der Waals surface area contributed by atoms with E-state index in [2.05, 4.69) is 170 Å². The Labute approximate surface area is 327 Å². The minimum absolute atomic E-state index is 1.23. The van der Waals surface area contributed by atoms with E-state index in [9.17, 15) is 0 Å². The normalized spacial score (nSPS) is 12.1. The van der Waals surface area contributed by atoms with Gasteiger partial charge >= 0.3 is 0 Å². The zero-order chi connectivity index (χ0) is 35.3. The van der Waals surface area contributed by atoms with Crippen molar-refractivity contribution in [2.45, 2.75) is 0 Å². The van der Waals surface area contributed by atoms with E-state index < -0.39 is 0 Å². The summed E-state index contributed by atoms with van der Waals surface area (Å²) in [7, 11) is 0. The predicted molar refractivity (Wildman–Crippen MR) is 242 cm³/mol. The Morgan fingerprint density at radius 3 is 0.926 bits per heavy atom. The summed E-state index contributed by atoms with van der Waals surface area (Å²) in [5.41, 5.74) is 9.98. The van der Waals surface area contributed by atoms with Crippen LogP contribution >= 0.6 is 45.3 Å². The minimum atomic E-state index is 1.23. The molecule has 0 radical (unpaired) electrons. The van der Waals surface area contributed by atoms with Crippen LogP contribution in [0.25, 0.3) is 114 Å². The third kappa shape index (κ3) is 4.85. The summed E-state index contributed by atoms with van der Waals surface area (Å²) in [5, 5.41) is 8.00. The van der Waals surface area contributed by atoms with Gasteiger partial charge in [-0.2, -0.15) is 0 Å². The number of hydrogen-bond acceptors (Lipinski definition) is 4. The van der Waals surface area contributed by atoms with E-state index in [1.807, 2.05) is 45.3 Å². The Bertz CT molecular complexity index is 3190. The minimum Gasteiger partial charge on any atom is -0.134 e. The molecule has 8 aromatic carbocycles. The highest BCUT2D eigenvalue weighted by Gasteiger charge is 2.14. The standard InChI is InChI=1S/C50H28S4/c1-3-7-43-39(5-1)47-49(51-43)41-23-21-37(27-45(41)53-47)31-13-9-29(10-14-31)33-17-19-36-26-34(18-20-35(36)25-33)30-11-15-32(16-12-30)38-22-24-42-46(28-38)54-48-40-6-2-4-8-44(40)52-50(42)48/h1-28H. The van der Waals surface area contributed by atoms with E-state index in [0.29, 0.717) is 0 Å². The second kappa shape index (κ2) is 11.9. The van der Waals surface area contributed by atoms with Gasteiger partial charge in [0.2, 0.25) is 0 Å². The number of fused-ring (bicyclic) bond motifs is 11. The first-order chi connectivity index (χ1) is 26.7. The molecule has 4 heteroatoms. The lowest BCUT2D eigenvalue weighted by Gasteiger charge is -2.09. The molecule has 0 N–H and O–H groups in total. The Hall–Kier alpha value is -5.62. The van der Waals surface area contributed by atoms with Gasteiger partial charge in [0.1, 0.15) is 0 Å². The van der Waals surface area contributed by atoms with E-state index >= 15 is 0 Å². The molecule has 0 aliphatic heterocycles. The average molecular weight is 757 g/mol. The highest BCUT2D eigenvalue weighted by Crippen LogP contribution is 2.46. The molecule has 0 aliphatic carbocycles. The van der Waals surface area contributed by atoms with Crippen LogP contribution < -0.4 is 0 Å². The molecule has 252 valence electrons. The average Bonchev–Trinajstić information content (AvgIpc) is 3.98. The first-order valence-electron chi connectivity index (χ1n) is 18.1. The van der Waals surface area contributed by atoms with Crippen LogP contribution in [0.1, 0.15) is 0 Å². The molecule has 0 saturated carbocycles. The molecule has 0 fully saturated rings. The summed E-state index contributed by atoms with van der Waals surface area (Å²) in [6, 6.07) is 63.2. The molecule has 0 amide bonds. The maximum absolute atomic E-state index is 2.37. The van der Waals surface area contributed by atoms with Gasteiger partial charge in [0.05, 0.1) is 18.8 Å². The molecule has 0 spiro atoms. The third-order valence-electron chi connectivity index (χ3n) is 10.9. The lowest BCUT2D eigenvalue weighted by atomic mass is 9.95. The lowest BCUT2D eigenvalue weighted by molar-refractivity contribution is 1.61. The van der Waals surface area contributed by atoms with Crippen molar-refractivity contribution in [1.82, 2.24) is 0 Å². The second-order valence-electron chi connectivity index (χ2n) is 14.1. The van der Waals surface area contributed by atoms with Crippen LogP contribution in [-0.4, -0.2) is 0 Å². The summed E-state index contributed by atoms with van der Waals surface area (Å²) in [5.74, 6) is 0. The first kappa shape index (κ1) is 30.8. The molecule has 4 heterocycles. The van der Waals surface area contributed by atoms with Gasteiger partial charge in [0.25, 0.3) is 0 Å². The first-order valence-corrected chi connectivity index (χ1v) is 21.4. The molecule has 0 bridgehead atoms. The molecule has 0 nitrogen and oxygen atoms in total. The Kier molecular flexibility index (Phi) is 6.81. The van der Waals surface area contributed by atoms with Gasteiger partial charge in [-0.3, -0.25) is 0 Å². The Morgan fingerprint density at radius 2 is 0.519 bits per heavy atom. The van der Waals surface area contributed by atoms with Gasteiger partial charge in [-0.15, -0.1) is 45.3 Å². The van der Waals surface area contributed by atoms with Crippen LogP contribution in [0.4, 0.5) is 0 Å². The van der Waals surface area contributed by atoms with Gasteiger partial charge in [-0.1, -0.05) is 133 Å². The summed E-state index contributed by atoms with van der Waals surface area (Å²) in [4.78, 5) is 0. The molecule has 0 aliphatic rings. The van der Waals surface area contributed by atoms with Gasteiger partial charge in [-0.05, 0) is 91.7 Å². The maximum Gasteiger partial charge on any atom is 0.0542 e. The third-order valence-corrected chi connectivity index (χ3v) is 16.0. The number of benzene rings is 8. The van der Waals surface area contributed by atoms with Crippen molar-refractivity contribution in [2.75, 3.05) is 0 Å². The second-order valence-corrected chi connectivity index (χ2v) is 18.3. The molecular weight excluding hydrogens is 729 g/mol. The van der Waals surface area contributed by atoms with E-state index in [1.54, 1.807) is 0 Å². The van der Waals surface area contributed by atoms with Crippen LogP contribution in [-0.2, 0) is 0 Å².